The van der Waals surface area contributed by atoms with Crippen molar-refractivity contribution in [3.63, 3.8) is 0 Å². The zero-order valence-corrected chi connectivity index (χ0v) is 8.40. The number of benzene rings is 1. The quantitative estimate of drug-likeness (QED) is 0.561. The van der Waals surface area contributed by atoms with Gasteiger partial charge < -0.3 is 4.74 Å². The normalized spacial score (nSPS) is 24.1. The van der Waals surface area contributed by atoms with Crippen molar-refractivity contribution in [1.82, 2.24) is 0 Å². The van der Waals surface area contributed by atoms with E-state index in [1.165, 1.54) is 6.07 Å². The lowest BCUT2D eigenvalue weighted by atomic mass is 9.99. The number of non-ortho nitro benzene ring substituents is 1. The first kappa shape index (κ1) is 9.92. The number of nitrogens with zero attached hydrogens (tertiary/aromatic N) is 1. The van der Waals surface area contributed by atoms with E-state index in [2.05, 4.69) is 0 Å². The predicted octanol–water partition coefficient (Wildman–Crippen LogP) is 1.59. The molecule has 1 unspecified atom stereocenters. The average molecular weight is 208 g/mol. The number of fused-ring (bicyclic) bond motifs is 1. The van der Waals surface area contributed by atoms with E-state index in [0.717, 1.165) is 5.56 Å². The summed E-state index contributed by atoms with van der Waals surface area (Å²) < 4.78 is 5.51. The van der Waals surface area contributed by atoms with Crippen molar-refractivity contribution < 1.29 is 9.66 Å². The topological polar surface area (TPSA) is 78.4 Å². The zero-order chi connectivity index (χ0) is 11.1. The molecule has 1 atom stereocenters. The fourth-order valence-corrected chi connectivity index (χ4v) is 1.66. The molecular weight excluding hydrogens is 196 g/mol. The fourth-order valence-electron chi connectivity index (χ4n) is 1.66. The summed E-state index contributed by atoms with van der Waals surface area (Å²) in [6.45, 7) is 1.80. The van der Waals surface area contributed by atoms with E-state index in [4.69, 9.17) is 10.5 Å². The van der Waals surface area contributed by atoms with Crippen LogP contribution in [0.25, 0.3) is 0 Å². The van der Waals surface area contributed by atoms with Gasteiger partial charge in [-0.2, -0.15) is 0 Å². The minimum atomic E-state index is -0.664. The Morgan fingerprint density at radius 1 is 1.60 bits per heavy atom. The minimum absolute atomic E-state index is 0.0953. The van der Waals surface area contributed by atoms with Crippen molar-refractivity contribution >= 4 is 5.69 Å². The maximum atomic E-state index is 10.6. The molecule has 2 rings (SSSR count). The molecule has 1 aromatic rings. The van der Waals surface area contributed by atoms with Crippen LogP contribution in [0, 0.1) is 10.1 Å². The molecule has 0 saturated carbocycles. The van der Waals surface area contributed by atoms with Gasteiger partial charge in [0, 0.05) is 24.1 Å². The van der Waals surface area contributed by atoms with Crippen molar-refractivity contribution in [2.24, 2.45) is 5.73 Å². The van der Waals surface area contributed by atoms with Crippen LogP contribution in [0.1, 0.15) is 18.9 Å². The number of nitrogens with two attached hydrogens (primary N) is 1. The van der Waals surface area contributed by atoms with Gasteiger partial charge >= 0.3 is 0 Å². The molecular formula is C10H12N2O3. The molecule has 1 heterocycles. The lowest BCUT2D eigenvalue weighted by Crippen LogP contribution is -2.45. The Kier molecular flexibility index (Phi) is 2.12. The van der Waals surface area contributed by atoms with Gasteiger partial charge in [-0.3, -0.25) is 15.8 Å². The van der Waals surface area contributed by atoms with Gasteiger partial charge in [-0.1, -0.05) is 0 Å². The predicted molar refractivity (Wildman–Crippen MR) is 54.6 cm³/mol. The van der Waals surface area contributed by atoms with Gasteiger partial charge in [0.15, 0.2) is 5.72 Å². The Morgan fingerprint density at radius 3 is 3.00 bits per heavy atom. The molecule has 80 valence electrons. The first-order valence-electron chi connectivity index (χ1n) is 4.73. The van der Waals surface area contributed by atoms with Crippen LogP contribution in [-0.2, 0) is 6.42 Å². The van der Waals surface area contributed by atoms with Gasteiger partial charge in [-0.15, -0.1) is 0 Å². The third-order valence-corrected chi connectivity index (χ3v) is 2.49. The Bertz CT molecular complexity index is 415. The second-order valence-electron chi connectivity index (χ2n) is 3.96. The SMILES string of the molecule is CC1(N)CCc2cc([N+](=O)[O-])ccc2O1. The lowest BCUT2D eigenvalue weighted by molar-refractivity contribution is -0.385. The number of nitro groups is 1. The Labute approximate surface area is 87.0 Å². The average Bonchev–Trinajstić information content (AvgIpc) is 2.15. The maximum absolute atomic E-state index is 10.6. The summed E-state index contributed by atoms with van der Waals surface area (Å²) in [6, 6.07) is 4.59. The van der Waals surface area contributed by atoms with E-state index >= 15 is 0 Å². The second-order valence-corrected chi connectivity index (χ2v) is 3.96. The molecule has 0 bridgehead atoms. The highest BCUT2D eigenvalue weighted by Crippen LogP contribution is 2.32. The highest BCUT2D eigenvalue weighted by atomic mass is 16.6. The molecule has 0 amide bonds. The molecule has 1 aromatic carbocycles. The van der Waals surface area contributed by atoms with Crippen LogP contribution in [0.3, 0.4) is 0 Å². The van der Waals surface area contributed by atoms with Crippen LogP contribution in [0.5, 0.6) is 5.75 Å². The second kappa shape index (κ2) is 3.20. The number of hydrogen-bond acceptors (Lipinski definition) is 4. The van der Waals surface area contributed by atoms with Crippen LogP contribution in [-0.4, -0.2) is 10.6 Å². The number of rotatable bonds is 1. The lowest BCUT2D eigenvalue weighted by Gasteiger charge is -2.31. The van der Waals surface area contributed by atoms with Crippen molar-refractivity contribution in [1.29, 1.82) is 0 Å². The third-order valence-electron chi connectivity index (χ3n) is 2.49. The Hall–Kier alpha value is -1.62. The largest absolute Gasteiger partial charge is 0.473 e. The van der Waals surface area contributed by atoms with Gasteiger partial charge in [0.2, 0.25) is 0 Å². The fraction of sp³-hybridized carbons (Fsp3) is 0.400. The molecule has 2 N–H and O–H groups in total. The summed E-state index contributed by atoms with van der Waals surface area (Å²) in [5.74, 6) is 0.650. The van der Waals surface area contributed by atoms with Gasteiger partial charge in [0.05, 0.1) is 4.92 Å². The van der Waals surface area contributed by atoms with Crippen LogP contribution >= 0.6 is 0 Å². The molecule has 15 heavy (non-hydrogen) atoms. The van der Waals surface area contributed by atoms with Crippen LogP contribution in [0.15, 0.2) is 18.2 Å². The zero-order valence-electron chi connectivity index (χ0n) is 8.40. The molecule has 5 heteroatoms. The van der Waals surface area contributed by atoms with Crippen LogP contribution in [0.2, 0.25) is 0 Å². The summed E-state index contributed by atoms with van der Waals surface area (Å²) >= 11 is 0. The molecule has 1 aliphatic rings. The van der Waals surface area contributed by atoms with Crippen molar-refractivity contribution in [2.75, 3.05) is 0 Å². The molecule has 0 fully saturated rings. The summed E-state index contributed by atoms with van der Waals surface area (Å²) in [5.41, 5.74) is 6.12. The minimum Gasteiger partial charge on any atom is -0.473 e. The van der Waals surface area contributed by atoms with Crippen LogP contribution in [0.4, 0.5) is 5.69 Å². The van der Waals surface area contributed by atoms with E-state index in [1.807, 2.05) is 0 Å². The number of ether oxygens (including phenoxy) is 1. The molecule has 5 nitrogen and oxygen atoms in total. The van der Waals surface area contributed by atoms with Gasteiger partial charge in [0.25, 0.3) is 5.69 Å². The highest BCUT2D eigenvalue weighted by molar-refractivity contribution is 5.45. The first-order valence-corrected chi connectivity index (χ1v) is 4.73. The maximum Gasteiger partial charge on any atom is 0.269 e. The molecule has 0 aliphatic carbocycles. The van der Waals surface area contributed by atoms with Crippen molar-refractivity contribution in [2.45, 2.75) is 25.5 Å². The highest BCUT2D eigenvalue weighted by Gasteiger charge is 2.27. The summed E-state index contributed by atoms with van der Waals surface area (Å²) in [5, 5.41) is 10.6. The molecule has 0 aromatic heterocycles. The summed E-state index contributed by atoms with van der Waals surface area (Å²) in [6.07, 6.45) is 1.38. The summed E-state index contributed by atoms with van der Waals surface area (Å²) in [7, 11) is 0. The third kappa shape index (κ3) is 1.92. The van der Waals surface area contributed by atoms with E-state index in [1.54, 1.807) is 19.1 Å². The van der Waals surface area contributed by atoms with Crippen molar-refractivity contribution in [3.05, 3.63) is 33.9 Å². The monoisotopic (exact) mass is 208 g/mol. The van der Waals surface area contributed by atoms with Crippen molar-refractivity contribution in [3.8, 4) is 5.75 Å². The van der Waals surface area contributed by atoms with E-state index in [9.17, 15) is 10.1 Å². The van der Waals surface area contributed by atoms with Gasteiger partial charge in [-0.25, -0.2) is 0 Å². The summed E-state index contributed by atoms with van der Waals surface area (Å²) in [4.78, 5) is 10.1. The molecule has 0 radical (unpaired) electrons. The van der Waals surface area contributed by atoms with Gasteiger partial charge in [0.1, 0.15) is 5.75 Å². The van der Waals surface area contributed by atoms with E-state index < -0.39 is 10.6 Å². The number of hydrogen-bond donors (Lipinski definition) is 1. The Balaban J connectivity index is 2.36. The standard InChI is InChI=1S/C10H12N2O3/c1-10(11)5-4-7-6-8(12(13)14)2-3-9(7)15-10/h2-3,6H,4-5,11H2,1H3. The molecule has 0 spiro atoms. The van der Waals surface area contributed by atoms with Crippen LogP contribution < -0.4 is 10.5 Å². The smallest absolute Gasteiger partial charge is 0.269 e. The molecule has 1 aliphatic heterocycles. The number of nitro benzene ring substituents is 1. The van der Waals surface area contributed by atoms with Gasteiger partial charge in [-0.05, 0) is 19.4 Å². The van der Waals surface area contributed by atoms with E-state index in [0.29, 0.717) is 18.6 Å². The first-order chi connectivity index (χ1) is 6.98. The molecule has 0 saturated heterocycles. The van der Waals surface area contributed by atoms with E-state index in [-0.39, 0.29) is 5.69 Å². The number of aryl methyl sites for hydroxylation is 1. The Morgan fingerprint density at radius 2 is 2.33 bits per heavy atom.